The number of nitrogens with zero attached hydrogens (tertiary/aromatic N) is 4. The highest BCUT2D eigenvalue weighted by molar-refractivity contribution is 6.23. The topological polar surface area (TPSA) is 105 Å². The summed E-state index contributed by atoms with van der Waals surface area (Å²) in [6.45, 7) is 8.84. The van der Waals surface area contributed by atoms with Crippen LogP contribution < -0.4 is 14.9 Å². The maximum absolute atomic E-state index is 13.3. The third kappa shape index (κ3) is 5.28. The lowest BCUT2D eigenvalue weighted by Crippen LogP contribution is -2.35. The van der Waals surface area contributed by atoms with E-state index in [0.717, 1.165) is 57.7 Å². The van der Waals surface area contributed by atoms with Gasteiger partial charge in [0.25, 0.3) is 5.91 Å². The first-order valence-corrected chi connectivity index (χ1v) is 13.6. The van der Waals surface area contributed by atoms with E-state index in [9.17, 15) is 9.59 Å². The summed E-state index contributed by atoms with van der Waals surface area (Å²) in [6, 6.07) is 15.6. The molecular formula is C31H35N5O4. The lowest BCUT2D eigenvalue weighted by Gasteiger charge is -2.20. The fourth-order valence-electron chi connectivity index (χ4n) is 5.20. The number of hydrazone groups is 2. The van der Waals surface area contributed by atoms with Crippen LogP contribution in [-0.4, -0.2) is 53.5 Å². The lowest BCUT2D eigenvalue weighted by molar-refractivity contribution is -0.135. The van der Waals surface area contributed by atoms with Crippen molar-refractivity contribution in [3.8, 4) is 11.5 Å². The molecule has 0 fully saturated rings. The normalized spacial score (nSPS) is 18.4. The molecule has 2 aliphatic heterocycles. The number of aryl methyl sites for hydroxylation is 1. The van der Waals surface area contributed by atoms with Crippen molar-refractivity contribution in [1.82, 2.24) is 15.4 Å². The van der Waals surface area contributed by atoms with Crippen molar-refractivity contribution in [3.63, 3.8) is 0 Å². The smallest absolute Gasteiger partial charge is 0.254 e. The van der Waals surface area contributed by atoms with Gasteiger partial charge in [0.05, 0.1) is 30.6 Å². The van der Waals surface area contributed by atoms with Gasteiger partial charge in [-0.2, -0.15) is 10.2 Å². The fraction of sp³-hybridized carbons (Fsp3) is 0.387. The Morgan fingerprint density at radius 1 is 1.05 bits per heavy atom. The minimum absolute atomic E-state index is 0.0147. The number of fused-ring (bicyclic) bond motifs is 1. The molecule has 0 bridgehead atoms. The molecule has 0 spiro atoms. The molecular weight excluding hydrogens is 506 g/mol. The van der Waals surface area contributed by atoms with Gasteiger partial charge in [0.15, 0.2) is 0 Å². The summed E-state index contributed by atoms with van der Waals surface area (Å²) in [4.78, 5) is 29.5. The second-order valence-electron chi connectivity index (χ2n) is 10.9. The standard InChI is InChI=1S/C31H35N5O4/c1-19-18-26(37)33-34-27(19)21-9-11-22(12-10-21)40-17-7-6-16-36-30(38)31(3,4)29(35-36)24-14-15-25(39-5)28-23(24)13-8-20(2)32-28/h8-15,19H,6-7,16-18H2,1-5H3,(H,33,37). The number of pyridine rings is 1. The second-order valence-corrected chi connectivity index (χ2v) is 10.9. The van der Waals surface area contributed by atoms with Crippen LogP contribution in [0, 0.1) is 18.3 Å². The van der Waals surface area contributed by atoms with Crippen LogP contribution in [0.15, 0.2) is 58.7 Å². The monoisotopic (exact) mass is 541 g/mol. The van der Waals surface area contributed by atoms with Crippen molar-refractivity contribution in [1.29, 1.82) is 0 Å². The summed E-state index contributed by atoms with van der Waals surface area (Å²) >= 11 is 0. The number of unbranched alkanes of at least 4 members (excludes halogenated alkanes) is 1. The molecule has 9 heteroatoms. The molecule has 2 amide bonds. The average molecular weight is 542 g/mol. The van der Waals surface area contributed by atoms with E-state index < -0.39 is 5.41 Å². The minimum atomic E-state index is -0.756. The Kier molecular flexibility index (Phi) is 7.56. The van der Waals surface area contributed by atoms with Crippen molar-refractivity contribution in [2.24, 2.45) is 21.5 Å². The SMILES string of the molecule is COc1ccc(C2=NN(CCCCOc3ccc(C4=NNC(=O)CC4C)cc3)C(=O)C2(C)C)c2ccc(C)nc12. The number of carbonyl (C=O) groups is 2. The first-order chi connectivity index (χ1) is 19.2. The number of nitrogens with one attached hydrogen (secondary N) is 1. The summed E-state index contributed by atoms with van der Waals surface area (Å²) in [7, 11) is 1.63. The zero-order valence-corrected chi connectivity index (χ0v) is 23.7. The molecule has 0 radical (unpaired) electrons. The summed E-state index contributed by atoms with van der Waals surface area (Å²) in [5, 5.41) is 11.5. The van der Waals surface area contributed by atoms with Gasteiger partial charge >= 0.3 is 0 Å². The molecule has 2 aromatic carbocycles. The number of hydrogen-bond acceptors (Lipinski definition) is 7. The van der Waals surface area contributed by atoms with Gasteiger partial charge in [-0.3, -0.25) is 9.59 Å². The number of benzene rings is 2. The molecule has 5 rings (SSSR count). The largest absolute Gasteiger partial charge is 0.494 e. The van der Waals surface area contributed by atoms with E-state index in [1.807, 2.05) is 76.2 Å². The number of ether oxygens (including phenoxy) is 2. The molecule has 3 heterocycles. The third-order valence-corrected chi connectivity index (χ3v) is 7.46. The Balaban J connectivity index is 1.20. The number of hydrogen-bond donors (Lipinski definition) is 1. The zero-order valence-electron chi connectivity index (χ0n) is 23.7. The van der Waals surface area contributed by atoms with Gasteiger partial charge in [-0.15, -0.1) is 0 Å². The van der Waals surface area contributed by atoms with Gasteiger partial charge in [-0.25, -0.2) is 15.4 Å². The molecule has 0 saturated heterocycles. The summed E-state index contributed by atoms with van der Waals surface area (Å²) in [6.07, 6.45) is 1.98. The molecule has 1 atom stereocenters. The Morgan fingerprint density at radius 2 is 1.82 bits per heavy atom. The van der Waals surface area contributed by atoms with Crippen molar-refractivity contribution in [3.05, 3.63) is 65.4 Å². The van der Waals surface area contributed by atoms with E-state index in [0.29, 0.717) is 25.3 Å². The van der Waals surface area contributed by atoms with Crippen LogP contribution in [0.4, 0.5) is 0 Å². The molecule has 3 aromatic rings. The molecule has 1 N–H and O–H groups in total. The van der Waals surface area contributed by atoms with Crippen LogP contribution in [0.2, 0.25) is 0 Å². The van der Waals surface area contributed by atoms with Crippen LogP contribution in [0.1, 0.15) is 56.9 Å². The van der Waals surface area contributed by atoms with Crippen molar-refractivity contribution in [2.45, 2.75) is 47.0 Å². The van der Waals surface area contributed by atoms with Crippen molar-refractivity contribution < 1.29 is 19.1 Å². The molecule has 0 aliphatic carbocycles. The van der Waals surface area contributed by atoms with Crippen LogP contribution in [0.3, 0.4) is 0 Å². The highest BCUT2D eigenvalue weighted by atomic mass is 16.5. The Morgan fingerprint density at radius 3 is 2.55 bits per heavy atom. The van der Waals surface area contributed by atoms with E-state index in [4.69, 9.17) is 14.6 Å². The predicted molar refractivity (Wildman–Crippen MR) is 155 cm³/mol. The summed E-state index contributed by atoms with van der Waals surface area (Å²) in [5.74, 6) is 1.47. The Bertz CT molecular complexity index is 1510. The molecule has 9 nitrogen and oxygen atoms in total. The summed E-state index contributed by atoms with van der Waals surface area (Å²) in [5.41, 5.74) is 6.94. The highest BCUT2D eigenvalue weighted by Crippen LogP contribution is 2.36. The maximum atomic E-state index is 13.3. The van der Waals surface area contributed by atoms with Gasteiger partial charge in [0, 0.05) is 35.5 Å². The lowest BCUT2D eigenvalue weighted by atomic mass is 9.82. The van der Waals surface area contributed by atoms with Crippen LogP contribution in [0.5, 0.6) is 11.5 Å². The molecule has 40 heavy (non-hydrogen) atoms. The Hall–Kier alpha value is -4.27. The maximum Gasteiger partial charge on any atom is 0.254 e. The molecule has 1 unspecified atom stereocenters. The van der Waals surface area contributed by atoms with Crippen LogP contribution in [-0.2, 0) is 9.59 Å². The summed E-state index contributed by atoms with van der Waals surface area (Å²) < 4.78 is 11.5. The van der Waals surface area contributed by atoms with Gasteiger partial charge < -0.3 is 9.47 Å². The van der Waals surface area contributed by atoms with Crippen LogP contribution in [0.25, 0.3) is 10.9 Å². The minimum Gasteiger partial charge on any atom is -0.494 e. The molecule has 1 aromatic heterocycles. The number of rotatable bonds is 9. The third-order valence-electron chi connectivity index (χ3n) is 7.46. The quantitative estimate of drug-likeness (QED) is 0.390. The Labute approximate surface area is 234 Å². The van der Waals surface area contributed by atoms with E-state index in [2.05, 4.69) is 15.5 Å². The van der Waals surface area contributed by atoms with Crippen LogP contribution >= 0.6 is 0 Å². The average Bonchev–Trinajstić information content (AvgIpc) is 3.16. The first-order valence-electron chi connectivity index (χ1n) is 13.6. The van der Waals surface area contributed by atoms with E-state index >= 15 is 0 Å². The van der Waals surface area contributed by atoms with Crippen molar-refractivity contribution in [2.75, 3.05) is 20.3 Å². The van der Waals surface area contributed by atoms with Crippen molar-refractivity contribution >= 4 is 34.1 Å². The zero-order chi connectivity index (χ0) is 28.4. The first kappa shape index (κ1) is 27.3. The highest BCUT2D eigenvalue weighted by Gasteiger charge is 2.44. The van der Waals surface area contributed by atoms with E-state index in [1.165, 1.54) is 0 Å². The number of amides is 2. The van der Waals surface area contributed by atoms with Gasteiger partial charge in [-0.1, -0.05) is 13.0 Å². The second kappa shape index (κ2) is 11.1. The molecule has 2 aliphatic rings. The van der Waals surface area contributed by atoms with Gasteiger partial charge in [0.1, 0.15) is 17.0 Å². The van der Waals surface area contributed by atoms with E-state index in [-0.39, 0.29) is 17.7 Å². The molecule has 0 saturated carbocycles. The molecule has 208 valence electrons. The number of aromatic nitrogens is 1. The predicted octanol–water partition coefficient (Wildman–Crippen LogP) is 4.84. The van der Waals surface area contributed by atoms with Gasteiger partial charge in [0.2, 0.25) is 5.91 Å². The van der Waals surface area contributed by atoms with E-state index in [1.54, 1.807) is 12.1 Å². The van der Waals surface area contributed by atoms with Gasteiger partial charge in [-0.05, 0) is 81.6 Å². The fourth-order valence-corrected chi connectivity index (χ4v) is 5.20. The number of methoxy groups -OCH3 is 1. The number of carbonyl (C=O) groups excluding carboxylic acids is 2.